The molecule has 8 heteroatoms. The number of nitrogens with zero attached hydrogens (tertiary/aromatic N) is 3. The standard InChI is InChI=1S/C22H23N3O3S2/c1-15(26)25(18-9-10-18)21-23-24-22(30-21)29-14-19(27)13-28-20-11-7-17(8-12-20)16-5-3-2-4-6-16/h2-8,11-12,18-19,27H,9-10,13-14H2,1H3. The van der Waals surface area contributed by atoms with Gasteiger partial charge in [0.05, 0.1) is 6.10 Å². The topological polar surface area (TPSA) is 75.6 Å². The van der Waals surface area contributed by atoms with E-state index in [9.17, 15) is 9.90 Å². The molecule has 1 aliphatic rings. The molecule has 0 spiro atoms. The first-order valence-corrected chi connectivity index (χ1v) is 11.6. The molecule has 1 N–H and O–H groups in total. The quantitative estimate of drug-likeness (QED) is 0.395. The number of aliphatic hydroxyl groups excluding tert-OH is 1. The maximum absolute atomic E-state index is 11.8. The van der Waals surface area contributed by atoms with Crippen LogP contribution in [0.15, 0.2) is 58.9 Å². The van der Waals surface area contributed by atoms with Gasteiger partial charge >= 0.3 is 0 Å². The number of ether oxygens (including phenoxy) is 1. The molecule has 1 atom stereocenters. The van der Waals surface area contributed by atoms with Crippen molar-refractivity contribution in [2.75, 3.05) is 17.3 Å². The predicted octanol–water partition coefficient (Wildman–Crippen LogP) is 4.25. The fourth-order valence-corrected chi connectivity index (χ4v) is 4.91. The fourth-order valence-electron chi connectivity index (χ4n) is 3.02. The normalized spacial score (nSPS) is 14.3. The maximum Gasteiger partial charge on any atom is 0.225 e. The van der Waals surface area contributed by atoms with Crippen LogP contribution in [0.3, 0.4) is 0 Å². The molecule has 1 aliphatic carbocycles. The van der Waals surface area contributed by atoms with E-state index in [1.807, 2.05) is 42.5 Å². The van der Waals surface area contributed by atoms with Crippen LogP contribution in [-0.2, 0) is 4.79 Å². The number of anilines is 1. The molecule has 1 heterocycles. The summed E-state index contributed by atoms with van der Waals surface area (Å²) in [5.41, 5.74) is 2.28. The lowest BCUT2D eigenvalue weighted by atomic mass is 10.1. The second-order valence-electron chi connectivity index (χ2n) is 7.14. The van der Waals surface area contributed by atoms with Gasteiger partial charge in [-0.15, -0.1) is 10.2 Å². The Morgan fingerprint density at radius 3 is 2.53 bits per heavy atom. The summed E-state index contributed by atoms with van der Waals surface area (Å²) in [6.45, 7) is 1.75. The van der Waals surface area contributed by atoms with Crippen molar-refractivity contribution in [1.82, 2.24) is 10.2 Å². The highest BCUT2D eigenvalue weighted by Gasteiger charge is 2.34. The van der Waals surface area contributed by atoms with Crippen LogP contribution in [-0.4, -0.2) is 45.7 Å². The van der Waals surface area contributed by atoms with E-state index in [0.717, 1.165) is 34.1 Å². The molecule has 6 nitrogen and oxygen atoms in total. The molecule has 0 aliphatic heterocycles. The van der Waals surface area contributed by atoms with Gasteiger partial charge in [0.25, 0.3) is 0 Å². The van der Waals surface area contributed by atoms with Crippen molar-refractivity contribution in [3.05, 3.63) is 54.6 Å². The van der Waals surface area contributed by atoms with Gasteiger partial charge in [-0.05, 0) is 36.1 Å². The van der Waals surface area contributed by atoms with Gasteiger partial charge in [-0.3, -0.25) is 9.69 Å². The lowest BCUT2D eigenvalue weighted by Crippen LogP contribution is -2.30. The smallest absolute Gasteiger partial charge is 0.225 e. The Morgan fingerprint density at radius 2 is 1.87 bits per heavy atom. The number of carbonyl (C=O) groups excluding carboxylic acids is 1. The van der Waals surface area contributed by atoms with Crippen LogP contribution >= 0.6 is 23.1 Å². The van der Waals surface area contributed by atoms with Crippen LogP contribution in [0.2, 0.25) is 0 Å². The van der Waals surface area contributed by atoms with Gasteiger partial charge in [-0.2, -0.15) is 0 Å². The van der Waals surface area contributed by atoms with Crippen molar-refractivity contribution in [3.8, 4) is 16.9 Å². The Kier molecular flexibility index (Phi) is 6.66. The number of rotatable bonds is 9. The van der Waals surface area contributed by atoms with Crippen molar-refractivity contribution < 1.29 is 14.6 Å². The molecule has 0 saturated heterocycles. The summed E-state index contributed by atoms with van der Waals surface area (Å²) in [7, 11) is 0. The highest BCUT2D eigenvalue weighted by atomic mass is 32.2. The minimum atomic E-state index is -0.636. The molecular formula is C22H23N3O3S2. The summed E-state index contributed by atoms with van der Waals surface area (Å²) in [5.74, 6) is 1.16. The molecule has 1 aromatic heterocycles. The molecule has 1 unspecified atom stereocenters. The van der Waals surface area contributed by atoms with E-state index in [-0.39, 0.29) is 18.6 Å². The van der Waals surface area contributed by atoms with Gasteiger partial charge in [0.1, 0.15) is 12.4 Å². The summed E-state index contributed by atoms with van der Waals surface area (Å²) in [6, 6.07) is 18.3. The molecule has 2 aromatic carbocycles. The zero-order chi connectivity index (χ0) is 20.9. The van der Waals surface area contributed by atoms with E-state index in [0.29, 0.717) is 10.9 Å². The lowest BCUT2D eigenvalue weighted by Gasteiger charge is -2.15. The van der Waals surface area contributed by atoms with Crippen LogP contribution in [0.25, 0.3) is 11.1 Å². The zero-order valence-corrected chi connectivity index (χ0v) is 18.2. The number of aliphatic hydroxyl groups is 1. The molecule has 156 valence electrons. The van der Waals surface area contributed by atoms with E-state index < -0.39 is 6.10 Å². The number of amides is 1. The monoisotopic (exact) mass is 441 g/mol. The van der Waals surface area contributed by atoms with Gasteiger partial charge in [-0.1, -0.05) is 65.6 Å². The number of hydrogen-bond acceptors (Lipinski definition) is 7. The van der Waals surface area contributed by atoms with E-state index in [1.54, 1.807) is 11.8 Å². The first-order valence-electron chi connectivity index (χ1n) is 9.82. The molecule has 1 amide bonds. The maximum atomic E-state index is 11.8. The van der Waals surface area contributed by atoms with Crippen molar-refractivity contribution in [3.63, 3.8) is 0 Å². The number of hydrogen-bond donors (Lipinski definition) is 1. The van der Waals surface area contributed by atoms with Crippen molar-refractivity contribution >= 4 is 34.1 Å². The Bertz CT molecular complexity index is 975. The largest absolute Gasteiger partial charge is 0.491 e. The first kappa shape index (κ1) is 20.8. The van der Waals surface area contributed by atoms with Crippen LogP contribution in [0.5, 0.6) is 5.75 Å². The first-order chi connectivity index (χ1) is 14.6. The van der Waals surface area contributed by atoms with Crippen molar-refractivity contribution in [2.45, 2.75) is 36.3 Å². The molecule has 0 bridgehead atoms. The third-order valence-electron chi connectivity index (χ3n) is 4.66. The number of carbonyl (C=O) groups is 1. The highest BCUT2D eigenvalue weighted by Crippen LogP contribution is 2.35. The molecular weight excluding hydrogens is 418 g/mol. The Labute approximate surface area is 183 Å². The Morgan fingerprint density at radius 1 is 1.17 bits per heavy atom. The van der Waals surface area contributed by atoms with E-state index >= 15 is 0 Å². The zero-order valence-electron chi connectivity index (χ0n) is 16.6. The Balaban J connectivity index is 1.24. The van der Waals surface area contributed by atoms with Crippen LogP contribution in [0.1, 0.15) is 19.8 Å². The summed E-state index contributed by atoms with van der Waals surface area (Å²) < 4.78 is 6.45. The summed E-state index contributed by atoms with van der Waals surface area (Å²) in [6.07, 6.45) is 1.40. The summed E-state index contributed by atoms with van der Waals surface area (Å²) in [5, 5.41) is 19.2. The van der Waals surface area contributed by atoms with Crippen LogP contribution in [0.4, 0.5) is 5.13 Å². The van der Waals surface area contributed by atoms with Gasteiger partial charge in [-0.25, -0.2) is 0 Å². The van der Waals surface area contributed by atoms with Crippen LogP contribution < -0.4 is 9.64 Å². The number of benzene rings is 2. The number of aromatic nitrogens is 2. The average Bonchev–Trinajstić information content (AvgIpc) is 3.48. The van der Waals surface area contributed by atoms with E-state index in [4.69, 9.17) is 4.74 Å². The van der Waals surface area contributed by atoms with Gasteiger partial charge in [0, 0.05) is 18.7 Å². The SMILES string of the molecule is CC(=O)N(c1nnc(SCC(O)COc2ccc(-c3ccccc3)cc2)s1)C1CC1. The lowest BCUT2D eigenvalue weighted by molar-refractivity contribution is -0.116. The molecule has 1 saturated carbocycles. The molecule has 1 fully saturated rings. The predicted molar refractivity (Wildman–Crippen MR) is 120 cm³/mol. The second-order valence-corrected chi connectivity index (χ2v) is 9.36. The van der Waals surface area contributed by atoms with Gasteiger partial charge < -0.3 is 9.84 Å². The third kappa shape index (κ3) is 5.38. The van der Waals surface area contributed by atoms with Gasteiger partial charge in [0.15, 0.2) is 4.34 Å². The van der Waals surface area contributed by atoms with Crippen LogP contribution in [0, 0.1) is 0 Å². The molecule has 4 rings (SSSR count). The van der Waals surface area contributed by atoms with E-state index in [2.05, 4.69) is 22.3 Å². The molecule has 30 heavy (non-hydrogen) atoms. The third-order valence-corrected chi connectivity index (χ3v) is 6.86. The fraction of sp³-hybridized carbons (Fsp3) is 0.318. The minimum Gasteiger partial charge on any atom is -0.491 e. The van der Waals surface area contributed by atoms with Crippen molar-refractivity contribution in [2.24, 2.45) is 0 Å². The molecule has 3 aromatic rings. The molecule has 0 radical (unpaired) electrons. The van der Waals surface area contributed by atoms with E-state index in [1.165, 1.54) is 23.1 Å². The van der Waals surface area contributed by atoms with Crippen molar-refractivity contribution in [1.29, 1.82) is 0 Å². The summed E-state index contributed by atoms with van der Waals surface area (Å²) in [4.78, 5) is 13.5. The Hall–Kier alpha value is -2.42. The second kappa shape index (κ2) is 9.59. The highest BCUT2D eigenvalue weighted by molar-refractivity contribution is 8.01. The van der Waals surface area contributed by atoms with Gasteiger partial charge in [0.2, 0.25) is 11.0 Å². The average molecular weight is 442 g/mol. The summed E-state index contributed by atoms with van der Waals surface area (Å²) >= 11 is 2.81. The number of thioether (sulfide) groups is 1. The minimum absolute atomic E-state index is 0.00285.